The monoisotopic (exact) mass is 242 g/mol. The molecule has 6 heteroatoms. The van der Waals surface area contributed by atoms with Gasteiger partial charge in [-0.2, -0.15) is 5.10 Å². The fourth-order valence-corrected chi connectivity index (χ4v) is 2.27. The number of aryl methyl sites for hydroxylation is 1. The highest BCUT2D eigenvalue weighted by Crippen LogP contribution is 2.20. The lowest BCUT2D eigenvalue weighted by Gasteiger charge is -1.98. The zero-order valence-electron chi connectivity index (χ0n) is 8.27. The average Bonchev–Trinajstić information content (AvgIpc) is 2.76. The van der Waals surface area contributed by atoms with Gasteiger partial charge in [0.25, 0.3) is 0 Å². The Kier molecular flexibility index (Phi) is 3.35. The van der Waals surface area contributed by atoms with E-state index >= 15 is 0 Å². The third-order valence-corrected chi connectivity index (χ3v) is 3.09. The van der Waals surface area contributed by atoms with Gasteiger partial charge in [-0.3, -0.25) is 4.68 Å². The van der Waals surface area contributed by atoms with Crippen molar-refractivity contribution in [2.24, 2.45) is 7.05 Å². The third kappa shape index (κ3) is 3.02. The van der Waals surface area contributed by atoms with E-state index in [0.717, 1.165) is 16.7 Å². The van der Waals surface area contributed by atoms with Crippen LogP contribution in [0.4, 0.5) is 0 Å². The van der Waals surface area contributed by atoms with Crippen molar-refractivity contribution < 1.29 is 0 Å². The van der Waals surface area contributed by atoms with Crippen molar-refractivity contribution in [3.63, 3.8) is 0 Å². The van der Waals surface area contributed by atoms with Crippen molar-refractivity contribution in [1.82, 2.24) is 20.1 Å². The zero-order valence-corrected chi connectivity index (χ0v) is 9.85. The van der Waals surface area contributed by atoms with Gasteiger partial charge in [-0.1, -0.05) is 11.6 Å². The molecule has 4 nitrogen and oxygen atoms in total. The van der Waals surface area contributed by atoms with Crippen LogP contribution in [0.2, 0.25) is 4.34 Å². The van der Waals surface area contributed by atoms with Gasteiger partial charge in [0.15, 0.2) is 5.82 Å². The summed E-state index contributed by atoms with van der Waals surface area (Å²) in [6.45, 7) is 1.48. The zero-order chi connectivity index (χ0) is 10.7. The highest BCUT2D eigenvalue weighted by molar-refractivity contribution is 7.16. The number of halogens is 1. The van der Waals surface area contributed by atoms with Gasteiger partial charge in [0.05, 0.1) is 10.9 Å². The summed E-state index contributed by atoms with van der Waals surface area (Å²) in [6.07, 6.45) is 1.69. The Hall–Kier alpha value is -0.910. The Morgan fingerprint density at radius 2 is 2.33 bits per heavy atom. The molecule has 2 rings (SSSR count). The largest absolute Gasteiger partial charge is 0.305 e. The van der Waals surface area contributed by atoms with Gasteiger partial charge in [0, 0.05) is 18.5 Å². The first kappa shape index (κ1) is 10.6. The molecule has 2 aromatic rings. The van der Waals surface area contributed by atoms with E-state index in [2.05, 4.69) is 15.4 Å². The summed E-state index contributed by atoms with van der Waals surface area (Å²) in [7, 11) is 1.86. The first-order valence-electron chi connectivity index (χ1n) is 4.53. The van der Waals surface area contributed by atoms with Crippen molar-refractivity contribution in [1.29, 1.82) is 0 Å². The van der Waals surface area contributed by atoms with Gasteiger partial charge in [-0.15, -0.1) is 11.3 Å². The van der Waals surface area contributed by atoms with E-state index in [-0.39, 0.29) is 0 Å². The molecule has 0 amide bonds. The SMILES string of the molecule is Cn1cnc(CNCc2ccc(Cl)s2)n1. The Balaban J connectivity index is 1.80. The molecule has 0 unspecified atom stereocenters. The van der Waals surface area contributed by atoms with Crippen LogP contribution in [0.3, 0.4) is 0 Å². The van der Waals surface area contributed by atoms with Gasteiger partial charge < -0.3 is 5.32 Å². The second-order valence-corrected chi connectivity index (χ2v) is 4.94. The molecule has 1 N–H and O–H groups in total. The average molecular weight is 243 g/mol. The van der Waals surface area contributed by atoms with Gasteiger partial charge >= 0.3 is 0 Å². The molecular weight excluding hydrogens is 232 g/mol. The molecule has 0 aliphatic carbocycles. The number of hydrogen-bond acceptors (Lipinski definition) is 4. The lowest BCUT2D eigenvalue weighted by molar-refractivity contribution is 0.654. The topological polar surface area (TPSA) is 42.7 Å². The molecule has 0 saturated heterocycles. The van der Waals surface area contributed by atoms with E-state index in [1.54, 1.807) is 22.3 Å². The summed E-state index contributed by atoms with van der Waals surface area (Å²) in [5, 5.41) is 7.43. The fourth-order valence-electron chi connectivity index (χ4n) is 1.21. The molecule has 0 aliphatic rings. The number of hydrogen-bond donors (Lipinski definition) is 1. The molecule has 0 saturated carbocycles. The Bertz CT molecular complexity index is 397. The smallest absolute Gasteiger partial charge is 0.164 e. The quantitative estimate of drug-likeness (QED) is 0.890. The standard InChI is InChI=1S/C9H11ClN4S/c1-14-6-12-9(13-14)5-11-4-7-2-3-8(10)15-7/h2-3,6,11H,4-5H2,1H3. The summed E-state index contributed by atoms with van der Waals surface area (Å²) in [4.78, 5) is 5.34. The molecular formula is C9H11ClN4S. The minimum absolute atomic E-state index is 0.677. The van der Waals surface area contributed by atoms with Crippen molar-refractivity contribution in [3.05, 3.63) is 33.5 Å². The van der Waals surface area contributed by atoms with Crippen LogP contribution in [-0.4, -0.2) is 14.8 Å². The summed E-state index contributed by atoms with van der Waals surface area (Å²) in [6, 6.07) is 3.92. The van der Waals surface area contributed by atoms with Gasteiger partial charge in [-0.25, -0.2) is 4.98 Å². The maximum atomic E-state index is 5.82. The fraction of sp³-hybridized carbons (Fsp3) is 0.333. The van der Waals surface area contributed by atoms with Crippen LogP contribution in [0.25, 0.3) is 0 Å². The van der Waals surface area contributed by atoms with Crippen molar-refractivity contribution in [3.8, 4) is 0 Å². The van der Waals surface area contributed by atoms with Gasteiger partial charge in [0.1, 0.15) is 6.33 Å². The molecule has 0 aliphatic heterocycles. The van der Waals surface area contributed by atoms with Crippen LogP contribution in [-0.2, 0) is 20.1 Å². The second-order valence-electron chi connectivity index (χ2n) is 3.14. The number of aromatic nitrogens is 3. The van der Waals surface area contributed by atoms with Crippen LogP contribution in [0.15, 0.2) is 18.5 Å². The second kappa shape index (κ2) is 4.74. The summed E-state index contributed by atoms with van der Waals surface area (Å²) >= 11 is 7.41. The molecule has 0 atom stereocenters. The molecule has 0 aromatic carbocycles. The first-order chi connectivity index (χ1) is 7.24. The number of rotatable bonds is 4. The van der Waals surface area contributed by atoms with E-state index in [1.165, 1.54) is 4.88 Å². The highest BCUT2D eigenvalue weighted by atomic mass is 35.5. The van der Waals surface area contributed by atoms with E-state index in [1.807, 2.05) is 19.2 Å². The van der Waals surface area contributed by atoms with Crippen molar-refractivity contribution in [2.75, 3.05) is 0 Å². The summed E-state index contributed by atoms with van der Waals surface area (Å²) in [5.41, 5.74) is 0. The minimum atomic E-state index is 0.677. The van der Waals surface area contributed by atoms with E-state index in [4.69, 9.17) is 11.6 Å². The Morgan fingerprint density at radius 3 is 2.93 bits per heavy atom. The lowest BCUT2D eigenvalue weighted by atomic mass is 10.4. The summed E-state index contributed by atoms with van der Waals surface area (Å²) < 4.78 is 2.52. The first-order valence-corrected chi connectivity index (χ1v) is 5.73. The Morgan fingerprint density at radius 1 is 1.47 bits per heavy atom. The molecule has 0 radical (unpaired) electrons. The molecule has 2 aromatic heterocycles. The Labute approximate surface area is 96.9 Å². The predicted molar refractivity (Wildman–Crippen MR) is 60.9 cm³/mol. The number of nitrogens with zero attached hydrogens (tertiary/aromatic N) is 3. The predicted octanol–water partition coefficient (Wildman–Crippen LogP) is 1.82. The molecule has 80 valence electrons. The van der Waals surface area contributed by atoms with Crippen LogP contribution in [0.5, 0.6) is 0 Å². The van der Waals surface area contributed by atoms with Crippen LogP contribution in [0.1, 0.15) is 10.7 Å². The van der Waals surface area contributed by atoms with Gasteiger partial charge in [-0.05, 0) is 12.1 Å². The van der Waals surface area contributed by atoms with E-state index in [9.17, 15) is 0 Å². The van der Waals surface area contributed by atoms with Crippen molar-refractivity contribution >= 4 is 22.9 Å². The number of thiophene rings is 1. The minimum Gasteiger partial charge on any atom is -0.305 e. The molecule has 0 spiro atoms. The summed E-state index contributed by atoms with van der Waals surface area (Å²) in [5.74, 6) is 0.806. The number of nitrogens with one attached hydrogen (secondary N) is 1. The van der Waals surface area contributed by atoms with Gasteiger partial charge in [0.2, 0.25) is 0 Å². The van der Waals surface area contributed by atoms with E-state index < -0.39 is 0 Å². The maximum absolute atomic E-state index is 5.82. The lowest BCUT2D eigenvalue weighted by Crippen LogP contribution is -2.13. The molecule has 2 heterocycles. The molecule has 15 heavy (non-hydrogen) atoms. The normalized spacial score (nSPS) is 10.8. The van der Waals surface area contributed by atoms with Crippen molar-refractivity contribution in [2.45, 2.75) is 13.1 Å². The van der Waals surface area contributed by atoms with Crippen LogP contribution < -0.4 is 5.32 Å². The maximum Gasteiger partial charge on any atom is 0.164 e. The van der Waals surface area contributed by atoms with Crippen LogP contribution >= 0.6 is 22.9 Å². The highest BCUT2D eigenvalue weighted by Gasteiger charge is 2.00. The van der Waals surface area contributed by atoms with E-state index in [0.29, 0.717) is 6.54 Å². The third-order valence-electron chi connectivity index (χ3n) is 1.86. The molecule has 0 fully saturated rings. The van der Waals surface area contributed by atoms with Crippen LogP contribution in [0, 0.1) is 0 Å². The molecule has 0 bridgehead atoms.